The van der Waals surface area contributed by atoms with Gasteiger partial charge >= 0.3 is 0 Å². The molecule has 9 heteroatoms. The fraction of sp³-hybridized carbons (Fsp3) is 0.355. The summed E-state index contributed by atoms with van der Waals surface area (Å²) >= 11 is 0. The molecule has 7 rings (SSSR count). The first-order valence-corrected chi connectivity index (χ1v) is 13.8. The topological polar surface area (TPSA) is 101 Å². The Morgan fingerprint density at radius 2 is 2.10 bits per heavy atom. The highest BCUT2D eigenvalue weighted by atomic mass is 16.3. The number of benzene rings is 1. The van der Waals surface area contributed by atoms with Gasteiger partial charge in [0.25, 0.3) is 5.56 Å². The van der Waals surface area contributed by atoms with Crippen LogP contribution in [0.5, 0.6) is 0 Å². The molecule has 2 aliphatic carbocycles. The molecular formula is C31H31N7O2. The molecule has 2 N–H and O–H groups in total. The summed E-state index contributed by atoms with van der Waals surface area (Å²) in [5.74, 6) is 3.97. The first-order chi connectivity index (χ1) is 19.4. The molecule has 0 bridgehead atoms. The van der Waals surface area contributed by atoms with Crippen LogP contribution in [0.15, 0.2) is 47.9 Å². The second-order valence-corrected chi connectivity index (χ2v) is 11.2. The number of aryl methyl sites for hydroxylation is 1. The largest absolute Gasteiger partial charge is 0.372 e. The average molecular weight is 534 g/mol. The van der Waals surface area contributed by atoms with E-state index < -0.39 is 5.60 Å². The Kier molecular flexibility index (Phi) is 5.66. The van der Waals surface area contributed by atoms with E-state index in [2.05, 4.69) is 46.9 Å². The van der Waals surface area contributed by atoms with Crippen molar-refractivity contribution in [2.45, 2.75) is 56.7 Å². The number of hydrogen-bond donors (Lipinski definition) is 2. The number of nitrogens with zero attached hydrogens (tertiary/aromatic N) is 6. The van der Waals surface area contributed by atoms with Gasteiger partial charge in [0, 0.05) is 25.0 Å². The molecule has 0 radical (unpaired) electrons. The third kappa shape index (κ3) is 3.95. The number of terminal acetylenes is 1. The molecule has 1 aliphatic heterocycles. The molecule has 4 aromatic rings. The Bertz CT molecular complexity index is 1790. The predicted octanol–water partition coefficient (Wildman–Crippen LogP) is 3.54. The van der Waals surface area contributed by atoms with Crippen LogP contribution in [0.3, 0.4) is 0 Å². The number of hydrogen-bond acceptors (Lipinski definition) is 7. The Hall–Kier alpha value is -4.26. The van der Waals surface area contributed by atoms with Crippen molar-refractivity contribution in [3.05, 3.63) is 81.4 Å². The van der Waals surface area contributed by atoms with Crippen LogP contribution in [0.4, 0.5) is 11.6 Å². The molecule has 0 amide bonds. The number of anilines is 2. The summed E-state index contributed by atoms with van der Waals surface area (Å²) in [5.41, 5.74) is 5.32. The van der Waals surface area contributed by atoms with Crippen LogP contribution in [-0.2, 0) is 31.5 Å². The number of rotatable bonds is 6. The summed E-state index contributed by atoms with van der Waals surface area (Å²) in [4.78, 5) is 29.8. The second-order valence-electron chi connectivity index (χ2n) is 11.2. The van der Waals surface area contributed by atoms with E-state index in [0.29, 0.717) is 47.3 Å². The van der Waals surface area contributed by atoms with E-state index in [0.717, 1.165) is 30.8 Å². The molecule has 40 heavy (non-hydrogen) atoms. The SMILES string of the molecule is C#C[C@]1(O)CCc2ccc(-n3c4nc(Nc5cc6c(c(C7CC7)c5)CCN(C)C6)ncc4c(=O)n3CC=C)nc21. The van der Waals surface area contributed by atoms with Gasteiger partial charge in [0.1, 0.15) is 5.39 Å². The Balaban J connectivity index is 1.34. The van der Waals surface area contributed by atoms with Crippen LogP contribution in [0.1, 0.15) is 53.1 Å². The summed E-state index contributed by atoms with van der Waals surface area (Å²) in [6, 6.07) is 8.18. The molecule has 3 aliphatic rings. The normalized spacial score (nSPS) is 20.2. The van der Waals surface area contributed by atoms with Crippen molar-refractivity contribution in [3.63, 3.8) is 0 Å². The lowest BCUT2D eigenvalue weighted by molar-refractivity contribution is 0.0983. The van der Waals surface area contributed by atoms with E-state index in [1.54, 1.807) is 17.0 Å². The average Bonchev–Trinajstić information content (AvgIpc) is 3.70. The predicted molar refractivity (Wildman–Crippen MR) is 154 cm³/mol. The molecule has 1 aromatic carbocycles. The highest BCUT2D eigenvalue weighted by molar-refractivity contribution is 5.77. The molecule has 1 fully saturated rings. The number of pyridine rings is 1. The molecule has 3 aromatic heterocycles. The quantitative estimate of drug-likeness (QED) is 0.289. The minimum Gasteiger partial charge on any atom is -0.372 e. The van der Waals surface area contributed by atoms with Crippen LogP contribution in [0, 0.1) is 12.3 Å². The van der Waals surface area contributed by atoms with Gasteiger partial charge in [-0.3, -0.25) is 4.79 Å². The van der Waals surface area contributed by atoms with Crippen molar-refractivity contribution in [1.29, 1.82) is 0 Å². The zero-order valence-corrected chi connectivity index (χ0v) is 22.5. The molecule has 0 unspecified atom stereocenters. The van der Waals surface area contributed by atoms with Crippen LogP contribution in [0.2, 0.25) is 0 Å². The van der Waals surface area contributed by atoms with E-state index in [1.807, 2.05) is 12.1 Å². The molecule has 4 heterocycles. The van der Waals surface area contributed by atoms with Gasteiger partial charge in [0.05, 0.1) is 12.2 Å². The molecule has 0 saturated heterocycles. The summed E-state index contributed by atoms with van der Waals surface area (Å²) in [6.07, 6.45) is 13.5. The lowest BCUT2D eigenvalue weighted by atomic mass is 9.91. The fourth-order valence-electron chi connectivity index (χ4n) is 6.17. The third-order valence-electron chi connectivity index (χ3n) is 8.38. The van der Waals surface area contributed by atoms with Gasteiger partial charge < -0.3 is 15.3 Å². The van der Waals surface area contributed by atoms with E-state index in [-0.39, 0.29) is 12.1 Å². The van der Waals surface area contributed by atoms with Gasteiger partial charge in [-0.2, -0.15) is 4.98 Å². The maximum atomic E-state index is 13.4. The maximum absolute atomic E-state index is 13.4. The van der Waals surface area contributed by atoms with Crippen LogP contribution < -0.4 is 10.9 Å². The van der Waals surface area contributed by atoms with E-state index in [1.165, 1.54) is 34.2 Å². The Morgan fingerprint density at radius 3 is 2.88 bits per heavy atom. The summed E-state index contributed by atoms with van der Waals surface area (Å²) in [7, 11) is 2.15. The number of aliphatic hydroxyl groups is 1. The van der Waals surface area contributed by atoms with Crippen molar-refractivity contribution in [2.75, 3.05) is 18.9 Å². The highest BCUT2D eigenvalue weighted by Gasteiger charge is 2.37. The summed E-state index contributed by atoms with van der Waals surface area (Å²) < 4.78 is 3.19. The standard InChI is InChI=1S/C31H31N7O2/c1-4-13-37-29(39)25-17-32-30(33-22-15-21-18-36(3)14-11-23(21)24(16-22)19-6-7-19)35-28(25)38(37)26-9-8-20-10-12-31(40,5-2)27(20)34-26/h2,4,8-9,15-17,19,40H,1,6-7,10-14,18H2,3H3,(H,32,33,35)/t31-/m0/s1. The van der Waals surface area contributed by atoms with Gasteiger partial charge in [0.15, 0.2) is 17.1 Å². The number of nitrogens with one attached hydrogen (secondary N) is 1. The smallest absolute Gasteiger partial charge is 0.278 e. The Labute approximate surface area is 232 Å². The molecular weight excluding hydrogens is 502 g/mol. The number of aromatic nitrogens is 5. The molecule has 9 nitrogen and oxygen atoms in total. The van der Waals surface area contributed by atoms with Gasteiger partial charge in [-0.25, -0.2) is 19.3 Å². The van der Waals surface area contributed by atoms with E-state index in [4.69, 9.17) is 16.4 Å². The summed E-state index contributed by atoms with van der Waals surface area (Å²) in [5, 5.41) is 14.7. The number of likely N-dealkylation sites (N-methyl/N-ethyl adjacent to an activating group) is 1. The minimum atomic E-state index is -1.43. The molecule has 1 atom stereocenters. The lowest BCUT2D eigenvalue weighted by Crippen LogP contribution is -2.27. The van der Waals surface area contributed by atoms with Gasteiger partial charge in [-0.05, 0) is 85.5 Å². The lowest BCUT2D eigenvalue weighted by Gasteiger charge is -2.28. The highest BCUT2D eigenvalue weighted by Crippen LogP contribution is 2.44. The first-order valence-electron chi connectivity index (χ1n) is 13.8. The van der Waals surface area contributed by atoms with Crippen molar-refractivity contribution < 1.29 is 5.11 Å². The van der Waals surface area contributed by atoms with E-state index >= 15 is 0 Å². The second kappa shape index (κ2) is 9.15. The van der Waals surface area contributed by atoms with Gasteiger partial charge in [0.2, 0.25) is 5.95 Å². The Morgan fingerprint density at radius 1 is 1.25 bits per heavy atom. The fourth-order valence-corrected chi connectivity index (χ4v) is 6.17. The van der Waals surface area contributed by atoms with Crippen molar-refractivity contribution >= 4 is 22.7 Å². The van der Waals surface area contributed by atoms with Crippen molar-refractivity contribution in [2.24, 2.45) is 0 Å². The van der Waals surface area contributed by atoms with Crippen LogP contribution in [0.25, 0.3) is 16.9 Å². The van der Waals surface area contributed by atoms with E-state index in [9.17, 15) is 9.90 Å². The van der Waals surface area contributed by atoms with Crippen LogP contribution >= 0.6 is 0 Å². The summed E-state index contributed by atoms with van der Waals surface area (Å²) in [6.45, 7) is 6.07. The first kappa shape index (κ1) is 24.8. The minimum absolute atomic E-state index is 0.246. The number of allylic oxidation sites excluding steroid dienone is 1. The van der Waals surface area contributed by atoms with Gasteiger partial charge in [-0.15, -0.1) is 13.0 Å². The van der Waals surface area contributed by atoms with Crippen molar-refractivity contribution in [3.8, 4) is 18.2 Å². The molecule has 0 spiro atoms. The molecule has 202 valence electrons. The number of fused-ring (bicyclic) bond motifs is 3. The zero-order valence-electron chi connectivity index (χ0n) is 22.5. The van der Waals surface area contributed by atoms with Crippen molar-refractivity contribution in [1.82, 2.24) is 29.2 Å². The third-order valence-corrected chi connectivity index (χ3v) is 8.38. The van der Waals surface area contributed by atoms with Gasteiger partial charge in [-0.1, -0.05) is 18.1 Å². The van der Waals surface area contributed by atoms with Crippen LogP contribution in [-0.4, -0.2) is 47.9 Å². The zero-order chi connectivity index (χ0) is 27.6. The monoisotopic (exact) mass is 533 g/mol. The maximum Gasteiger partial charge on any atom is 0.278 e. The molecule has 1 saturated carbocycles.